The first-order valence-electron chi connectivity index (χ1n) is 6.12. The van der Waals surface area contributed by atoms with Crippen LogP contribution in [0.3, 0.4) is 0 Å². The number of hydrogen-bond acceptors (Lipinski definition) is 5. The van der Waals surface area contributed by atoms with Crippen LogP contribution in [-0.4, -0.2) is 50.2 Å². The molecule has 1 aromatic heterocycles. The van der Waals surface area contributed by atoms with Crippen LogP contribution in [-0.2, 0) is 0 Å². The quantitative estimate of drug-likeness (QED) is 0.837. The summed E-state index contributed by atoms with van der Waals surface area (Å²) in [5.74, 6) is 1.76. The number of hydrogen-bond donors (Lipinski definition) is 1. The summed E-state index contributed by atoms with van der Waals surface area (Å²) in [6, 6.07) is 2.51. The summed E-state index contributed by atoms with van der Waals surface area (Å²) >= 11 is 0. The first-order chi connectivity index (χ1) is 8.18. The summed E-state index contributed by atoms with van der Waals surface area (Å²) in [6.07, 6.45) is 4.29. The summed E-state index contributed by atoms with van der Waals surface area (Å²) in [5, 5.41) is 3.43. The fraction of sp³-hybridized carbons (Fsp3) is 0.667. The highest BCUT2D eigenvalue weighted by Gasteiger charge is 2.19. The van der Waals surface area contributed by atoms with Gasteiger partial charge >= 0.3 is 0 Å². The van der Waals surface area contributed by atoms with Crippen molar-refractivity contribution in [3.05, 3.63) is 12.3 Å². The van der Waals surface area contributed by atoms with Gasteiger partial charge in [0.2, 0.25) is 5.95 Å². The van der Waals surface area contributed by atoms with Crippen LogP contribution >= 0.6 is 0 Å². The largest absolute Gasteiger partial charge is 0.355 e. The van der Waals surface area contributed by atoms with Gasteiger partial charge in [-0.1, -0.05) is 0 Å². The molecule has 2 heterocycles. The van der Waals surface area contributed by atoms with Crippen LogP contribution < -0.4 is 15.1 Å². The van der Waals surface area contributed by atoms with Crippen molar-refractivity contribution in [3.63, 3.8) is 0 Å². The molecule has 17 heavy (non-hydrogen) atoms. The van der Waals surface area contributed by atoms with Crippen LogP contribution in [0.2, 0.25) is 0 Å². The Hall–Kier alpha value is -1.36. The van der Waals surface area contributed by atoms with Gasteiger partial charge in [-0.05, 0) is 25.5 Å². The summed E-state index contributed by atoms with van der Waals surface area (Å²) in [6.45, 7) is 2.18. The molecule has 5 heteroatoms. The van der Waals surface area contributed by atoms with E-state index in [1.807, 2.05) is 31.3 Å². The minimum absolute atomic E-state index is 0.536. The third kappa shape index (κ3) is 2.85. The van der Waals surface area contributed by atoms with E-state index in [4.69, 9.17) is 0 Å². The maximum atomic E-state index is 4.56. The average Bonchev–Trinajstić information content (AvgIpc) is 2.39. The van der Waals surface area contributed by atoms with Gasteiger partial charge in [-0.2, -0.15) is 4.98 Å². The first kappa shape index (κ1) is 12.1. The van der Waals surface area contributed by atoms with Crippen molar-refractivity contribution in [1.82, 2.24) is 15.3 Å². The molecule has 1 atom stereocenters. The number of likely N-dealkylation sites (N-methyl/N-ethyl adjacent to an activating group) is 1. The van der Waals surface area contributed by atoms with E-state index in [1.165, 1.54) is 12.8 Å². The molecule has 5 nitrogen and oxygen atoms in total. The number of anilines is 2. The predicted octanol–water partition coefficient (Wildman–Crippen LogP) is 0.731. The Bertz CT molecular complexity index is 360. The Kier molecular flexibility index (Phi) is 3.78. The number of rotatable bonds is 3. The second-order valence-corrected chi connectivity index (χ2v) is 4.72. The van der Waals surface area contributed by atoms with Crippen LogP contribution in [0, 0.1) is 0 Å². The fourth-order valence-electron chi connectivity index (χ4n) is 2.10. The van der Waals surface area contributed by atoms with Crippen molar-refractivity contribution in [3.8, 4) is 0 Å². The minimum Gasteiger partial charge on any atom is -0.355 e. The smallest absolute Gasteiger partial charge is 0.226 e. The van der Waals surface area contributed by atoms with E-state index in [1.54, 1.807) is 0 Å². The summed E-state index contributed by atoms with van der Waals surface area (Å²) in [4.78, 5) is 13.0. The van der Waals surface area contributed by atoms with E-state index in [0.717, 1.165) is 24.9 Å². The third-order valence-electron chi connectivity index (χ3n) is 3.21. The molecule has 1 saturated heterocycles. The molecule has 1 aliphatic rings. The van der Waals surface area contributed by atoms with E-state index in [9.17, 15) is 0 Å². The van der Waals surface area contributed by atoms with E-state index in [-0.39, 0.29) is 0 Å². The molecule has 0 aromatic carbocycles. The number of aromatic nitrogens is 2. The van der Waals surface area contributed by atoms with Crippen molar-refractivity contribution in [1.29, 1.82) is 0 Å². The molecule has 1 aliphatic heterocycles. The number of piperidine rings is 1. The molecule has 0 amide bonds. The molecule has 94 valence electrons. The van der Waals surface area contributed by atoms with Gasteiger partial charge in [0.25, 0.3) is 0 Å². The van der Waals surface area contributed by atoms with Gasteiger partial charge < -0.3 is 15.1 Å². The van der Waals surface area contributed by atoms with Gasteiger partial charge in [-0.15, -0.1) is 0 Å². The Morgan fingerprint density at radius 2 is 2.18 bits per heavy atom. The number of nitrogens with one attached hydrogen (secondary N) is 1. The van der Waals surface area contributed by atoms with Crippen LogP contribution in [0.5, 0.6) is 0 Å². The van der Waals surface area contributed by atoms with E-state index < -0.39 is 0 Å². The zero-order valence-corrected chi connectivity index (χ0v) is 10.8. The van der Waals surface area contributed by atoms with Crippen LogP contribution in [0.25, 0.3) is 0 Å². The van der Waals surface area contributed by atoms with E-state index in [0.29, 0.717) is 6.04 Å². The second kappa shape index (κ2) is 5.31. The highest BCUT2D eigenvalue weighted by atomic mass is 15.3. The van der Waals surface area contributed by atoms with Gasteiger partial charge in [0.1, 0.15) is 5.82 Å². The SMILES string of the molecule is CN(C)c1nccc(N(C)C2CCCNC2)n1. The molecule has 0 spiro atoms. The lowest BCUT2D eigenvalue weighted by Gasteiger charge is -2.32. The fourth-order valence-corrected chi connectivity index (χ4v) is 2.10. The second-order valence-electron chi connectivity index (χ2n) is 4.72. The maximum Gasteiger partial charge on any atom is 0.226 e. The van der Waals surface area contributed by atoms with Gasteiger partial charge in [-0.25, -0.2) is 4.98 Å². The zero-order valence-electron chi connectivity index (χ0n) is 10.8. The normalized spacial score (nSPS) is 20.1. The molecule has 1 N–H and O–H groups in total. The highest BCUT2D eigenvalue weighted by Crippen LogP contribution is 2.17. The van der Waals surface area contributed by atoms with Gasteiger partial charge in [-0.3, -0.25) is 0 Å². The molecule has 0 saturated carbocycles. The Labute approximate surface area is 103 Å². The maximum absolute atomic E-state index is 4.56. The van der Waals surface area contributed by atoms with E-state index >= 15 is 0 Å². The molecule has 0 radical (unpaired) electrons. The molecule has 0 aliphatic carbocycles. The Morgan fingerprint density at radius 3 is 2.82 bits per heavy atom. The summed E-state index contributed by atoms with van der Waals surface area (Å²) in [5.41, 5.74) is 0. The van der Waals surface area contributed by atoms with Gasteiger partial charge in [0.05, 0.1) is 0 Å². The van der Waals surface area contributed by atoms with Crippen LogP contribution in [0.1, 0.15) is 12.8 Å². The average molecular weight is 235 g/mol. The zero-order chi connectivity index (χ0) is 12.3. The van der Waals surface area contributed by atoms with Crippen LogP contribution in [0.15, 0.2) is 12.3 Å². The standard InChI is InChI=1S/C12H21N5/c1-16(2)12-14-8-6-11(15-12)17(3)10-5-4-7-13-9-10/h6,8,10,13H,4-5,7,9H2,1-3H3. The summed E-state index contributed by atoms with van der Waals surface area (Å²) < 4.78 is 0. The Balaban J connectivity index is 2.12. The van der Waals surface area contributed by atoms with Crippen molar-refractivity contribution in [2.45, 2.75) is 18.9 Å². The highest BCUT2D eigenvalue weighted by molar-refractivity contribution is 5.43. The van der Waals surface area contributed by atoms with Crippen molar-refractivity contribution in [2.75, 3.05) is 44.0 Å². The van der Waals surface area contributed by atoms with Gasteiger partial charge in [0.15, 0.2) is 0 Å². The lowest BCUT2D eigenvalue weighted by atomic mass is 10.1. The topological polar surface area (TPSA) is 44.3 Å². The lowest BCUT2D eigenvalue weighted by Crippen LogP contribution is -2.44. The molecular weight excluding hydrogens is 214 g/mol. The predicted molar refractivity (Wildman–Crippen MR) is 70.7 cm³/mol. The van der Waals surface area contributed by atoms with Crippen LogP contribution in [0.4, 0.5) is 11.8 Å². The molecule has 1 unspecified atom stereocenters. The first-order valence-corrected chi connectivity index (χ1v) is 6.12. The monoisotopic (exact) mass is 235 g/mol. The molecule has 1 aromatic rings. The summed E-state index contributed by atoms with van der Waals surface area (Å²) in [7, 11) is 6.03. The Morgan fingerprint density at radius 1 is 1.35 bits per heavy atom. The van der Waals surface area contributed by atoms with Crippen molar-refractivity contribution in [2.24, 2.45) is 0 Å². The lowest BCUT2D eigenvalue weighted by molar-refractivity contribution is 0.443. The van der Waals surface area contributed by atoms with E-state index in [2.05, 4.69) is 27.2 Å². The molecule has 2 rings (SSSR count). The molecule has 1 fully saturated rings. The third-order valence-corrected chi connectivity index (χ3v) is 3.21. The molecule has 0 bridgehead atoms. The van der Waals surface area contributed by atoms with Gasteiger partial charge in [0, 0.05) is 39.9 Å². The van der Waals surface area contributed by atoms with Crippen molar-refractivity contribution < 1.29 is 0 Å². The molecular formula is C12H21N5. The number of nitrogens with zero attached hydrogens (tertiary/aromatic N) is 4. The van der Waals surface area contributed by atoms with Crippen molar-refractivity contribution >= 4 is 11.8 Å². The minimum atomic E-state index is 0.536.